The number of rotatable bonds is 5. The molecule has 5 heteroatoms. The molecule has 2 fully saturated rings. The molecule has 1 atom stereocenters. The van der Waals surface area contributed by atoms with Gasteiger partial charge in [0.05, 0.1) is 6.33 Å². The molecule has 25 heavy (non-hydrogen) atoms. The van der Waals surface area contributed by atoms with Gasteiger partial charge in [-0.3, -0.25) is 9.80 Å². The molecule has 2 aromatic rings. The lowest BCUT2D eigenvalue weighted by molar-refractivity contribution is 0.140. The Morgan fingerprint density at radius 2 is 1.68 bits per heavy atom. The summed E-state index contributed by atoms with van der Waals surface area (Å²) in [7, 11) is 0. The van der Waals surface area contributed by atoms with Crippen molar-refractivity contribution in [2.45, 2.75) is 32.4 Å². The smallest absolute Gasteiger partial charge is 0.0922 e. The Hall–Kier alpha value is -1.36. The van der Waals surface area contributed by atoms with E-state index in [-0.39, 0.29) is 0 Å². The van der Waals surface area contributed by atoms with Crippen molar-refractivity contribution in [3.8, 4) is 0 Å². The molecule has 134 valence electrons. The lowest BCUT2D eigenvalue weighted by Gasteiger charge is -2.34. The summed E-state index contributed by atoms with van der Waals surface area (Å²) in [6, 6.07) is 8.31. The Labute approximate surface area is 155 Å². The zero-order valence-electron chi connectivity index (χ0n) is 14.7. The summed E-state index contributed by atoms with van der Waals surface area (Å²) in [5, 5.41) is 0.824. The number of halogens is 1. The zero-order chi connectivity index (χ0) is 17.1. The van der Waals surface area contributed by atoms with Crippen LogP contribution in [0.1, 0.15) is 30.5 Å². The highest BCUT2D eigenvalue weighted by Gasteiger charge is 2.31. The van der Waals surface area contributed by atoms with Gasteiger partial charge < -0.3 is 4.98 Å². The van der Waals surface area contributed by atoms with Gasteiger partial charge in [-0.2, -0.15) is 0 Å². The normalized spacial score (nSPS) is 23.3. The Morgan fingerprint density at radius 1 is 0.960 bits per heavy atom. The van der Waals surface area contributed by atoms with Crippen LogP contribution in [0.3, 0.4) is 0 Å². The Morgan fingerprint density at radius 3 is 2.40 bits per heavy atom. The third kappa shape index (κ3) is 4.43. The molecule has 3 heterocycles. The second-order valence-electron chi connectivity index (χ2n) is 7.60. The molecule has 0 spiro atoms. The fraction of sp³-hybridized carbons (Fsp3) is 0.550. The van der Waals surface area contributed by atoms with E-state index in [0.717, 1.165) is 29.9 Å². The van der Waals surface area contributed by atoms with Gasteiger partial charge in [0, 0.05) is 36.5 Å². The molecule has 4 nitrogen and oxygen atoms in total. The van der Waals surface area contributed by atoms with E-state index in [0.29, 0.717) is 0 Å². The van der Waals surface area contributed by atoms with E-state index in [1.54, 1.807) is 6.33 Å². The Kier molecular flexibility index (Phi) is 5.39. The molecule has 1 aromatic heterocycles. The van der Waals surface area contributed by atoms with Crippen LogP contribution in [0.5, 0.6) is 0 Å². The van der Waals surface area contributed by atoms with E-state index in [2.05, 4.69) is 31.9 Å². The van der Waals surface area contributed by atoms with Crippen molar-refractivity contribution in [3.63, 3.8) is 0 Å². The third-order valence-electron chi connectivity index (χ3n) is 5.88. The molecular formula is C20H27ClN4. The predicted molar refractivity (Wildman–Crippen MR) is 101 cm³/mol. The number of imidazole rings is 1. The SMILES string of the molecule is Clc1ccc(CN2CCC(C3CCN(Cc4cnc[nH]4)CC3)C2)cc1. The molecule has 2 aliphatic rings. The van der Waals surface area contributed by atoms with E-state index >= 15 is 0 Å². The van der Waals surface area contributed by atoms with Gasteiger partial charge in [-0.1, -0.05) is 23.7 Å². The summed E-state index contributed by atoms with van der Waals surface area (Å²) in [6.07, 6.45) is 7.76. The number of likely N-dealkylation sites (tertiary alicyclic amines) is 2. The first kappa shape index (κ1) is 17.1. The van der Waals surface area contributed by atoms with Crippen molar-refractivity contribution in [2.75, 3.05) is 26.2 Å². The van der Waals surface area contributed by atoms with Crippen molar-refractivity contribution in [1.29, 1.82) is 0 Å². The minimum Gasteiger partial charge on any atom is -0.347 e. The number of benzene rings is 1. The van der Waals surface area contributed by atoms with Crippen LogP contribution in [0.25, 0.3) is 0 Å². The fourth-order valence-electron chi connectivity index (χ4n) is 4.43. The van der Waals surface area contributed by atoms with Crippen LogP contribution in [-0.2, 0) is 13.1 Å². The first-order valence-corrected chi connectivity index (χ1v) is 9.80. The van der Waals surface area contributed by atoms with Gasteiger partial charge in [0.15, 0.2) is 0 Å². The highest BCUT2D eigenvalue weighted by Crippen LogP contribution is 2.32. The molecule has 1 unspecified atom stereocenters. The largest absolute Gasteiger partial charge is 0.347 e. The molecule has 2 aliphatic heterocycles. The average molecular weight is 359 g/mol. The number of nitrogens with one attached hydrogen (secondary N) is 1. The highest BCUT2D eigenvalue weighted by molar-refractivity contribution is 6.30. The molecule has 0 radical (unpaired) electrons. The Balaban J connectivity index is 1.23. The number of nitrogens with zero attached hydrogens (tertiary/aromatic N) is 3. The van der Waals surface area contributed by atoms with Crippen LogP contribution in [0.4, 0.5) is 0 Å². The maximum absolute atomic E-state index is 5.99. The van der Waals surface area contributed by atoms with Gasteiger partial charge in [0.2, 0.25) is 0 Å². The van der Waals surface area contributed by atoms with Gasteiger partial charge in [0.1, 0.15) is 0 Å². The molecule has 0 bridgehead atoms. The van der Waals surface area contributed by atoms with Gasteiger partial charge in [-0.25, -0.2) is 4.98 Å². The van der Waals surface area contributed by atoms with Gasteiger partial charge >= 0.3 is 0 Å². The molecule has 1 aromatic carbocycles. The molecule has 0 amide bonds. The van der Waals surface area contributed by atoms with Crippen molar-refractivity contribution in [1.82, 2.24) is 19.8 Å². The minimum absolute atomic E-state index is 0.824. The molecule has 0 saturated carbocycles. The van der Waals surface area contributed by atoms with Crippen molar-refractivity contribution in [3.05, 3.63) is 53.1 Å². The number of hydrogen-bond acceptors (Lipinski definition) is 3. The number of aromatic amines is 1. The van der Waals surface area contributed by atoms with Crippen molar-refractivity contribution >= 4 is 11.6 Å². The lowest BCUT2D eigenvalue weighted by Crippen LogP contribution is -2.36. The van der Waals surface area contributed by atoms with E-state index in [9.17, 15) is 0 Å². The van der Waals surface area contributed by atoms with Gasteiger partial charge in [-0.15, -0.1) is 0 Å². The molecule has 4 rings (SSSR count). The van der Waals surface area contributed by atoms with E-state index in [4.69, 9.17) is 11.6 Å². The third-order valence-corrected chi connectivity index (χ3v) is 6.13. The van der Waals surface area contributed by atoms with Gasteiger partial charge in [0.25, 0.3) is 0 Å². The summed E-state index contributed by atoms with van der Waals surface area (Å²) in [6.45, 7) is 7.01. The summed E-state index contributed by atoms with van der Waals surface area (Å²) >= 11 is 5.99. The van der Waals surface area contributed by atoms with Crippen molar-refractivity contribution < 1.29 is 0 Å². The quantitative estimate of drug-likeness (QED) is 0.883. The molecule has 1 N–H and O–H groups in total. The van der Waals surface area contributed by atoms with Crippen LogP contribution < -0.4 is 0 Å². The zero-order valence-corrected chi connectivity index (χ0v) is 15.5. The topological polar surface area (TPSA) is 35.2 Å². The summed E-state index contributed by atoms with van der Waals surface area (Å²) in [5.74, 6) is 1.77. The average Bonchev–Trinajstić information content (AvgIpc) is 3.30. The second kappa shape index (κ2) is 7.90. The second-order valence-corrected chi connectivity index (χ2v) is 8.04. The van der Waals surface area contributed by atoms with Crippen LogP contribution in [0, 0.1) is 11.8 Å². The summed E-state index contributed by atoms with van der Waals surface area (Å²) in [4.78, 5) is 12.5. The van der Waals surface area contributed by atoms with Crippen LogP contribution in [-0.4, -0.2) is 45.9 Å². The summed E-state index contributed by atoms with van der Waals surface area (Å²) in [5.41, 5.74) is 2.60. The first-order chi connectivity index (χ1) is 12.3. The molecule has 2 saturated heterocycles. The number of hydrogen-bond donors (Lipinski definition) is 1. The standard InChI is InChI=1S/C20H27ClN4/c21-19-3-1-16(2-4-19)12-25-10-7-18(13-25)17-5-8-24(9-6-17)14-20-11-22-15-23-20/h1-4,11,15,17-18H,5-10,12-14H2,(H,22,23). The summed E-state index contributed by atoms with van der Waals surface area (Å²) < 4.78 is 0. The number of H-pyrrole nitrogens is 1. The van der Waals surface area contributed by atoms with Crippen molar-refractivity contribution in [2.24, 2.45) is 11.8 Å². The maximum atomic E-state index is 5.99. The Bertz CT molecular complexity index is 647. The van der Waals surface area contributed by atoms with Crippen LogP contribution in [0.15, 0.2) is 36.8 Å². The van der Waals surface area contributed by atoms with Gasteiger partial charge in [-0.05, 0) is 68.4 Å². The maximum Gasteiger partial charge on any atom is 0.0922 e. The highest BCUT2D eigenvalue weighted by atomic mass is 35.5. The monoisotopic (exact) mass is 358 g/mol. The minimum atomic E-state index is 0.824. The van der Waals surface area contributed by atoms with Crippen LogP contribution >= 0.6 is 11.6 Å². The first-order valence-electron chi connectivity index (χ1n) is 9.42. The van der Waals surface area contributed by atoms with E-state index < -0.39 is 0 Å². The molecular weight excluding hydrogens is 332 g/mol. The van der Waals surface area contributed by atoms with Crippen LogP contribution in [0.2, 0.25) is 5.02 Å². The van der Waals surface area contributed by atoms with E-state index in [1.807, 2.05) is 18.3 Å². The number of aromatic nitrogens is 2. The predicted octanol–water partition coefficient (Wildman–Crippen LogP) is 3.80. The lowest BCUT2D eigenvalue weighted by atomic mass is 9.84. The number of piperidine rings is 1. The molecule has 0 aliphatic carbocycles. The van der Waals surface area contributed by atoms with E-state index in [1.165, 1.54) is 56.7 Å². The fourth-order valence-corrected chi connectivity index (χ4v) is 4.56.